The van der Waals surface area contributed by atoms with Gasteiger partial charge in [0.05, 0.1) is 12.1 Å². The monoisotopic (exact) mass is 316 g/mol. The number of carbonyl (C=O) groups is 2. The number of amides is 2. The minimum absolute atomic E-state index is 0.218. The summed E-state index contributed by atoms with van der Waals surface area (Å²) >= 11 is 0. The second kappa shape index (κ2) is 5.49. The number of rotatable bonds is 3. The molecule has 4 heteroatoms. The summed E-state index contributed by atoms with van der Waals surface area (Å²) in [4.78, 5) is 30.0. The number of H-pyrrole nitrogens is 1. The fourth-order valence-corrected chi connectivity index (χ4v) is 3.20. The smallest absolute Gasteiger partial charge is 0.262 e. The first-order chi connectivity index (χ1) is 11.7. The van der Waals surface area contributed by atoms with Crippen LogP contribution in [-0.4, -0.2) is 21.7 Å². The van der Waals surface area contributed by atoms with Gasteiger partial charge in [-0.15, -0.1) is 0 Å². The number of carbonyl (C=O) groups excluding carboxylic acids is 2. The molecule has 0 saturated heterocycles. The number of aromatic nitrogens is 1. The van der Waals surface area contributed by atoms with Crippen molar-refractivity contribution in [2.75, 3.05) is 0 Å². The highest BCUT2D eigenvalue weighted by Gasteiger charge is 2.37. The molecule has 0 spiro atoms. The Hall–Kier alpha value is -3.14. The van der Waals surface area contributed by atoms with Gasteiger partial charge in [-0.25, -0.2) is 0 Å². The van der Waals surface area contributed by atoms with Gasteiger partial charge in [-0.1, -0.05) is 48.5 Å². The number of hydrogen-bond acceptors (Lipinski definition) is 2. The Labute approximate surface area is 139 Å². The van der Waals surface area contributed by atoms with Crippen LogP contribution < -0.4 is 0 Å². The normalized spacial score (nSPS) is 15.0. The summed E-state index contributed by atoms with van der Waals surface area (Å²) in [6, 6.07) is 17.3. The first-order valence-corrected chi connectivity index (χ1v) is 7.84. The number of nitrogens with one attached hydrogen (secondary N) is 1. The summed E-state index contributed by atoms with van der Waals surface area (Å²) in [7, 11) is 0. The molecular formula is C20H16N2O2. The highest BCUT2D eigenvalue weighted by Crippen LogP contribution is 2.34. The van der Waals surface area contributed by atoms with Gasteiger partial charge in [0.1, 0.15) is 0 Å². The van der Waals surface area contributed by atoms with Gasteiger partial charge < -0.3 is 4.98 Å². The van der Waals surface area contributed by atoms with E-state index < -0.39 is 0 Å². The molecule has 1 N–H and O–H groups in total. The lowest BCUT2D eigenvalue weighted by Crippen LogP contribution is -2.30. The molecule has 2 amide bonds. The zero-order valence-corrected chi connectivity index (χ0v) is 13.2. The van der Waals surface area contributed by atoms with Crippen molar-refractivity contribution in [2.24, 2.45) is 0 Å². The van der Waals surface area contributed by atoms with Crippen molar-refractivity contribution in [3.8, 4) is 0 Å². The zero-order valence-electron chi connectivity index (χ0n) is 13.2. The lowest BCUT2D eigenvalue weighted by Gasteiger charge is -2.15. The quantitative estimate of drug-likeness (QED) is 0.752. The third-order valence-corrected chi connectivity index (χ3v) is 4.44. The van der Waals surface area contributed by atoms with Crippen LogP contribution in [0.15, 0.2) is 66.4 Å². The minimum Gasteiger partial charge on any atom is -0.361 e. The predicted molar refractivity (Wildman–Crippen MR) is 92.9 cm³/mol. The summed E-state index contributed by atoms with van der Waals surface area (Å²) in [5.74, 6) is -0.449. The molecule has 0 fully saturated rings. The molecule has 118 valence electrons. The number of fused-ring (bicyclic) bond motifs is 1. The second-order valence-electron chi connectivity index (χ2n) is 5.93. The Morgan fingerprint density at radius 2 is 1.62 bits per heavy atom. The van der Waals surface area contributed by atoms with Crippen LogP contribution in [0.5, 0.6) is 0 Å². The van der Waals surface area contributed by atoms with Crippen LogP contribution in [0.25, 0.3) is 16.5 Å². The molecule has 3 aromatic rings. The summed E-state index contributed by atoms with van der Waals surface area (Å²) in [5, 5.41) is 0.953. The molecule has 0 unspecified atom stereocenters. The maximum Gasteiger partial charge on any atom is 0.262 e. The van der Waals surface area contributed by atoms with Crippen LogP contribution in [0.2, 0.25) is 0 Å². The Bertz CT molecular complexity index is 983. The van der Waals surface area contributed by atoms with E-state index in [9.17, 15) is 9.59 Å². The van der Waals surface area contributed by atoms with Gasteiger partial charge in [0.25, 0.3) is 11.8 Å². The average molecular weight is 316 g/mol. The Kier molecular flexibility index (Phi) is 3.31. The van der Waals surface area contributed by atoms with Crippen LogP contribution in [0.3, 0.4) is 0 Å². The maximum absolute atomic E-state index is 12.9. The lowest BCUT2D eigenvalue weighted by atomic mass is 10.0. The van der Waals surface area contributed by atoms with Gasteiger partial charge in [-0.05, 0) is 18.6 Å². The van der Waals surface area contributed by atoms with Crippen molar-refractivity contribution in [3.05, 3.63) is 77.5 Å². The summed E-state index contributed by atoms with van der Waals surface area (Å²) in [5.41, 5.74) is 3.67. The van der Waals surface area contributed by atoms with Crippen molar-refractivity contribution in [3.63, 3.8) is 0 Å². The molecule has 4 nitrogen and oxygen atoms in total. The van der Waals surface area contributed by atoms with Crippen LogP contribution in [0.1, 0.15) is 18.1 Å². The number of benzene rings is 2. The van der Waals surface area contributed by atoms with E-state index in [0.717, 1.165) is 22.0 Å². The van der Waals surface area contributed by atoms with Gasteiger partial charge in [0, 0.05) is 28.2 Å². The molecule has 0 atom stereocenters. The third kappa shape index (κ3) is 2.15. The number of para-hydroxylation sites is 1. The molecule has 2 aromatic carbocycles. The number of imide groups is 1. The Balaban J connectivity index is 1.74. The fourth-order valence-electron chi connectivity index (χ4n) is 3.20. The molecule has 2 heterocycles. The Morgan fingerprint density at radius 1 is 0.917 bits per heavy atom. The maximum atomic E-state index is 12.9. The van der Waals surface area contributed by atoms with E-state index in [1.165, 1.54) is 4.90 Å². The average Bonchev–Trinajstić information content (AvgIpc) is 3.11. The third-order valence-electron chi connectivity index (χ3n) is 4.44. The molecule has 1 aliphatic rings. The van der Waals surface area contributed by atoms with E-state index in [1.807, 2.05) is 54.6 Å². The van der Waals surface area contributed by atoms with E-state index in [-0.39, 0.29) is 11.8 Å². The SMILES string of the molecule is CC1=C(c2c[nH]c3ccccc23)C(=O)N(Cc2ccccc2)C1=O. The molecule has 1 aliphatic heterocycles. The van der Waals surface area contributed by atoms with Gasteiger partial charge in [0.2, 0.25) is 0 Å². The second-order valence-corrected chi connectivity index (χ2v) is 5.93. The van der Waals surface area contributed by atoms with Crippen molar-refractivity contribution >= 4 is 28.3 Å². The van der Waals surface area contributed by atoms with E-state index in [2.05, 4.69) is 4.98 Å². The highest BCUT2D eigenvalue weighted by atomic mass is 16.2. The number of hydrogen-bond donors (Lipinski definition) is 1. The van der Waals surface area contributed by atoms with E-state index in [0.29, 0.717) is 17.7 Å². The number of nitrogens with zero attached hydrogens (tertiary/aromatic N) is 1. The standard InChI is InChI=1S/C20H16N2O2/c1-13-18(16-11-21-17-10-6-5-9-15(16)17)20(24)22(19(13)23)12-14-7-3-2-4-8-14/h2-11,21H,12H2,1H3. The first kappa shape index (κ1) is 14.5. The summed E-state index contributed by atoms with van der Waals surface area (Å²) in [6.07, 6.45) is 1.81. The van der Waals surface area contributed by atoms with E-state index in [1.54, 1.807) is 13.1 Å². The highest BCUT2D eigenvalue weighted by molar-refractivity contribution is 6.37. The molecule has 0 radical (unpaired) electrons. The van der Waals surface area contributed by atoms with Crippen molar-refractivity contribution in [2.45, 2.75) is 13.5 Å². The molecule has 0 bridgehead atoms. The van der Waals surface area contributed by atoms with Crippen molar-refractivity contribution in [1.29, 1.82) is 0 Å². The van der Waals surface area contributed by atoms with Gasteiger partial charge in [0.15, 0.2) is 0 Å². The molecular weight excluding hydrogens is 300 g/mol. The number of aromatic amines is 1. The van der Waals surface area contributed by atoms with Gasteiger partial charge in [-0.2, -0.15) is 0 Å². The summed E-state index contributed by atoms with van der Waals surface area (Å²) < 4.78 is 0. The molecule has 24 heavy (non-hydrogen) atoms. The zero-order chi connectivity index (χ0) is 16.7. The molecule has 1 aromatic heterocycles. The predicted octanol–water partition coefficient (Wildman–Crippen LogP) is 3.51. The fraction of sp³-hybridized carbons (Fsp3) is 0.100. The summed E-state index contributed by atoms with van der Waals surface area (Å²) in [6.45, 7) is 2.02. The molecule has 4 rings (SSSR count). The minimum atomic E-state index is -0.230. The van der Waals surface area contributed by atoms with Crippen LogP contribution >= 0.6 is 0 Å². The Morgan fingerprint density at radius 3 is 2.42 bits per heavy atom. The molecule has 0 aliphatic carbocycles. The van der Waals surface area contributed by atoms with Crippen LogP contribution in [-0.2, 0) is 16.1 Å². The van der Waals surface area contributed by atoms with E-state index >= 15 is 0 Å². The van der Waals surface area contributed by atoms with Crippen molar-refractivity contribution in [1.82, 2.24) is 9.88 Å². The first-order valence-electron chi connectivity index (χ1n) is 7.84. The van der Waals surface area contributed by atoms with E-state index in [4.69, 9.17) is 0 Å². The van der Waals surface area contributed by atoms with Gasteiger partial charge >= 0.3 is 0 Å². The molecule has 0 saturated carbocycles. The topological polar surface area (TPSA) is 53.2 Å². The van der Waals surface area contributed by atoms with Gasteiger partial charge in [-0.3, -0.25) is 14.5 Å². The largest absolute Gasteiger partial charge is 0.361 e. The van der Waals surface area contributed by atoms with Crippen LogP contribution in [0.4, 0.5) is 0 Å². The lowest BCUT2D eigenvalue weighted by molar-refractivity contribution is -0.137. The van der Waals surface area contributed by atoms with Crippen LogP contribution in [0, 0.1) is 0 Å². The van der Waals surface area contributed by atoms with Crippen molar-refractivity contribution < 1.29 is 9.59 Å².